The fourth-order valence-electron chi connectivity index (χ4n) is 4.50. The van der Waals surface area contributed by atoms with E-state index in [9.17, 15) is 5.11 Å². The summed E-state index contributed by atoms with van der Waals surface area (Å²) in [6.07, 6.45) is -0.416. The van der Waals surface area contributed by atoms with Crippen molar-refractivity contribution >= 4 is 0 Å². The molecule has 1 fully saturated rings. The van der Waals surface area contributed by atoms with Crippen LogP contribution in [0.4, 0.5) is 0 Å². The number of hydrogen-bond donors (Lipinski definition) is 1. The number of likely N-dealkylation sites (N-methyl/N-ethyl adjacent to an activating group) is 1. The van der Waals surface area contributed by atoms with E-state index in [2.05, 4.69) is 24.9 Å². The lowest BCUT2D eigenvalue weighted by Gasteiger charge is -2.34. The van der Waals surface area contributed by atoms with Gasteiger partial charge in [-0.1, -0.05) is 31.2 Å². The molecular formula is C27H31NO4. The molecule has 0 aromatic heterocycles. The maximum absolute atomic E-state index is 10.5. The molecule has 0 unspecified atom stereocenters. The summed E-state index contributed by atoms with van der Waals surface area (Å²) < 4.78 is 17.6. The molecule has 0 aliphatic carbocycles. The van der Waals surface area contributed by atoms with Gasteiger partial charge in [0.2, 0.25) is 0 Å². The molecule has 0 spiro atoms. The maximum atomic E-state index is 10.5. The molecular weight excluding hydrogens is 402 g/mol. The Bertz CT molecular complexity index is 1040. The van der Waals surface area contributed by atoms with Crippen LogP contribution in [0.25, 0.3) is 0 Å². The smallest absolute Gasteiger partial charge is 0.169 e. The van der Waals surface area contributed by atoms with Crippen molar-refractivity contribution in [3.8, 4) is 28.7 Å². The number of para-hydroxylation sites is 1. The lowest BCUT2D eigenvalue weighted by atomic mass is 9.72. The van der Waals surface area contributed by atoms with Crippen LogP contribution in [0.2, 0.25) is 0 Å². The zero-order valence-electron chi connectivity index (χ0n) is 19.1. The molecule has 32 heavy (non-hydrogen) atoms. The molecule has 0 saturated carbocycles. The van der Waals surface area contributed by atoms with Gasteiger partial charge in [0.15, 0.2) is 11.5 Å². The number of methoxy groups -OCH3 is 1. The van der Waals surface area contributed by atoms with Crippen molar-refractivity contribution in [1.82, 2.24) is 4.90 Å². The third-order valence-electron chi connectivity index (χ3n) is 6.48. The van der Waals surface area contributed by atoms with Crippen LogP contribution < -0.4 is 14.2 Å². The van der Waals surface area contributed by atoms with Crippen molar-refractivity contribution in [3.63, 3.8) is 0 Å². The summed E-state index contributed by atoms with van der Waals surface area (Å²) in [5, 5.41) is 10.5. The minimum absolute atomic E-state index is 0.197. The molecule has 3 aromatic rings. The highest BCUT2D eigenvalue weighted by Crippen LogP contribution is 2.46. The van der Waals surface area contributed by atoms with Gasteiger partial charge in [0.1, 0.15) is 17.2 Å². The second kappa shape index (κ2) is 9.23. The number of rotatable bonds is 7. The minimum atomic E-state index is -0.416. The predicted molar refractivity (Wildman–Crippen MR) is 126 cm³/mol. The number of likely N-dealkylation sites (tertiary alicyclic amines) is 1. The molecule has 1 aliphatic heterocycles. The standard InChI is InChI=1S/C27H31NO4/c1-19(29)27(2)18-28(3)17-24(27)20-10-15-25(30-4)26(16-20)32-23-13-11-22(12-14-23)31-21-8-6-5-7-9-21/h5-16,19,24,29H,17-18H2,1-4H3/t19-,24-,27-/m0/s1. The fraction of sp³-hybridized carbons (Fsp3) is 0.333. The van der Waals surface area contributed by atoms with Gasteiger partial charge < -0.3 is 24.2 Å². The van der Waals surface area contributed by atoms with Crippen molar-refractivity contribution in [3.05, 3.63) is 78.4 Å². The van der Waals surface area contributed by atoms with Gasteiger partial charge >= 0.3 is 0 Å². The van der Waals surface area contributed by atoms with E-state index in [-0.39, 0.29) is 11.3 Å². The molecule has 1 N–H and O–H groups in total. The average molecular weight is 434 g/mol. The Morgan fingerprint density at radius 1 is 0.906 bits per heavy atom. The number of aliphatic hydroxyl groups is 1. The third-order valence-corrected chi connectivity index (χ3v) is 6.48. The Morgan fingerprint density at radius 3 is 2.16 bits per heavy atom. The Kier molecular flexibility index (Phi) is 6.40. The first kappa shape index (κ1) is 22.2. The van der Waals surface area contributed by atoms with Crippen LogP contribution in [0.3, 0.4) is 0 Å². The summed E-state index contributed by atoms with van der Waals surface area (Å²) in [6.45, 7) is 5.77. The van der Waals surface area contributed by atoms with Crippen LogP contribution in [-0.2, 0) is 0 Å². The summed E-state index contributed by atoms with van der Waals surface area (Å²) in [5.41, 5.74) is 0.911. The first-order chi connectivity index (χ1) is 15.4. The van der Waals surface area contributed by atoms with E-state index in [0.717, 1.165) is 30.2 Å². The first-order valence-corrected chi connectivity index (χ1v) is 10.9. The van der Waals surface area contributed by atoms with Gasteiger partial charge in [0, 0.05) is 24.4 Å². The Balaban J connectivity index is 1.56. The highest BCUT2D eigenvalue weighted by Gasteiger charge is 2.45. The van der Waals surface area contributed by atoms with Crippen molar-refractivity contribution in [1.29, 1.82) is 0 Å². The van der Waals surface area contributed by atoms with Crippen LogP contribution in [-0.4, -0.2) is 43.4 Å². The number of benzene rings is 3. The minimum Gasteiger partial charge on any atom is -0.493 e. The van der Waals surface area contributed by atoms with Gasteiger partial charge in [0.25, 0.3) is 0 Å². The summed E-state index contributed by atoms with van der Waals surface area (Å²) in [7, 11) is 3.74. The largest absolute Gasteiger partial charge is 0.493 e. The molecule has 0 bridgehead atoms. The molecule has 1 heterocycles. The summed E-state index contributed by atoms with van der Waals surface area (Å²) in [6, 6.07) is 23.3. The van der Waals surface area contributed by atoms with E-state index in [1.165, 1.54) is 0 Å². The van der Waals surface area contributed by atoms with Crippen molar-refractivity contribution in [2.24, 2.45) is 5.41 Å². The molecule has 0 radical (unpaired) electrons. The zero-order chi connectivity index (χ0) is 22.7. The maximum Gasteiger partial charge on any atom is 0.169 e. The Morgan fingerprint density at radius 2 is 1.53 bits per heavy atom. The van der Waals surface area contributed by atoms with E-state index in [0.29, 0.717) is 17.2 Å². The van der Waals surface area contributed by atoms with Crippen LogP contribution in [0, 0.1) is 5.41 Å². The molecule has 3 aromatic carbocycles. The molecule has 0 amide bonds. The molecule has 5 nitrogen and oxygen atoms in total. The van der Waals surface area contributed by atoms with Crippen LogP contribution in [0.1, 0.15) is 25.3 Å². The second-order valence-corrected chi connectivity index (χ2v) is 8.83. The van der Waals surface area contributed by atoms with Crippen molar-refractivity contribution < 1.29 is 19.3 Å². The van der Waals surface area contributed by atoms with Gasteiger partial charge in [-0.25, -0.2) is 0 Å². The SMILES string of the molecule is COc1ccc([C@@H]2CN(C)C[C@@]2(C)[C@H](C)O)cc1Oc1ccc(Oc2ccccc2)cc1. The fourth-order valence-corrected chi connectivity index (χ4v) is 4.50. The molecule has 3 atom stereocenters. The van der Waals surface area contributed by atoms with Crippen molar-refractivity contribution in [2.45, 2.75) is 25.9 Å². The first-order valence-electron chi connectivity index (χ1n) is 10.9. The summed E-state index contributed by atoms with van der Waals surface area (Å²) >= 11 is 0. The molecule has 1 aliphatic rings. The number of ether oxygens (including phenoxy) is 3. The van der Waals surface area contributed by atoms with Gasteiger partial charge in [0.05, 0.1) is 13.2 Å². The van der Waals surface area contributed by atoms with Crippen LogP contribution in [0.15, 0.2) is 72.8 Å². The van der Waals surface area contributed by atoms with Gasteiger partial charge in [-0.2, -0.15) is 0 Å². The highest BCUT2D eigenvalue weighted by atomic mass is 16.5. The Hall–Kier alpha value is -3.02. The number of nitrogens with zero attached hydrogens (tertiary/aromatic N) is 1. The normalized spacial score (nSPS) is 21.8. The number of hydrogen-bond acceptors (Lipinski definition) is 5. The van der Waals surface area contributed by atoms with Gasteiger partial charge in [-0.3, -0.25) is 0 Å². The predicted octanol–water partition coefficient (Wildman–Crippen LogP) is 5.70. The zero-order valence-corrected chi connectivity index (χ0v) is 19.1. The molecule has 1 saturated heterocycles. The van der Waals surface area contributed by atoms with E-state index < -0.39 is 6.10 Å². The summed E-state index contributed by atoms with van der Waals surface area (Å²) in [5.74, 6) is 3.75. The molecule has 168 valence electrons. The molecule has 5 heteroatoms. The second-order valence-electron chi connectivity index (χ2n) is 8.83. The van der Waals surface area contributed by atoms with Gasteiger partial charge in [-0.05, 0) is 68.1 Å². The summed E-state index contributed by atoms with van der Waals surface area (Å²) in [4.78, 5) is 2.27. The van der Waals surface area contributed by atoms with E-state index >= 15 is 0 Å². The van der Waals surface area contributed by atoms with E-state index in [4.69, 9.17) is 14.2 Å². The molecule has 4 rings (SSSR count). The average Bonchev–Trinajstić information content (AvgIpc) is 3.11. The van der Waals surface area contributed by atoms with Gasteiger partial charge in [-0.15, -0.1) is 0 Å². The lowest BCUT2D eigenvalue weighted by molar-refractivity contribution is 0.0495. The quantitative estimate of drug-likeness (QED) is 0.518. The van der Waals surface area contributed by atoms with Crippen LogP contribution >= 0.6 is 0 Å². The number of aliphatic hydroxyl groups excluding tert-OH is 1. The van der Waals surface area contributed by atoms with Crippen LogP contribution in [0.5, 0.6) is 28.7 Å². The van der Waals surface area contributed by atoms with E-state index in [1.807, 2.05) is 73.7 Å². The Labute approximate surface area is 190 Å². The monoisotopic (exact) mass is 433 g/mol. The third kappa shape index (κ3) is 4.59. The topological polar surface area (TPSA) is 51.2 Å². The lowest BCUT2D eigenvalue weighted by Crippen LogP contribution is -2.36. The van der Waals surface area contributed by atoms with Crippen molar-refractivity contribution in [2.75, 3.05) is 27.2 Å². The highest BCUT2D eigenvalue weighted by molar-refractivity contribution is 5.48. The van der Waals surface area contributed by atoms with E-state index in [1.54, 1.807) is 7.11 Å².